The number of likely N-dealkylation sites (tertiary alicyclic amines) is 1. The molecule has 1 fully saturated rings. The highest BCUT2D eigenvalue weighted by molar-refractivity contribution is 6.33. The van der Waals surface area contributed by atoms with Crippen molar-refractivity contribution in [3.8, 4) is 0 Å². The van der Waals surface area contributed by atoms with Crippen LogP contribution >= 0.6 is 11.6 Å². The Morgan fingerprint density at radius 3 is 2.86 bits per heavy atom. The summed E-state index contributed by atoms with van der Waals surface area (Å²) in [6.07, 6.45) is 1.33. The lowest BCUT2D eigenvalue weighted by atomic mass is 10.2. The molecule has 0 unspecified atom stereocenters. The van der Waals surface area contributed by atoms with Gasteiger partial charge in [-0.1, -0.05) is 11.6 Å². The van der Waals surface area contributed by atoms with Crippen LogP contribution in [0.3, 0.4) is 0 Å². The van der Waals surface area contributed by atoms with Gasteiger partial charge >= 0.3 is 5.97 Å². The number of hydrogen-bond acceptors (Lipinski definition) is 5. The first-order valence-electron chi connectivity index (χ1n) is 6.38. The number of ether oxygens (including phenoxy) is 1. The van der Waals surface area contributed by atoms with Crippen LogP contribution < -0.4 is 0 Å². The van der Waals surface area contributed by atoms with Crippen molar-refractivity contribution in [3.05, 3.63) is 38.9 Å². The standard InChI is InChI=1S/C13H13ClN2O5/c14-11-4-3-9(16(19)20)8-10(11)13(18)21-7-6-15-5-1-2-12(15)17/h3-4,8H,1-2,5-7H2. The van der Waals surface area contributed by atoms with E-state index in [1.807, 2.05) is 0 Å². The molecule has 7 nitrogen and oxygen atoms in total. The Bertz CT molecular complexity index is 590. The number of halogens is 1. The highest BCUT2D eigenvalue weighted by atomic mass is 35.5. The van der Waals surface area contributed by atoms with Gasteiger partial charge in [-0.3, -0.25) is 14.9 Å². The van der Waals surface area contributed by atoms with E-state index < -0.39 is 10.9 Å². The highest BCUT2D eigenvalue weighted by Crippen LogP contribution is 2.22. The minimum atomic E-state index is -0.740. The molecule has 1 aliphatic rings. The Balaban J connectivity index is 1.95. The number of amides is 1. The molecule has 0 spiro atoms. The van der Waals surface area contributed by atoms with E-state index in [9.17, 15) is 19.7 Å². The molecule has 0 aliphatic carbocycles. The highest BCUT2D eigenvalue weighted by Gasteiger charge is 2.21. The zero-order valence-electron chi connectivity index (χ0n) is 11.1. The summed E-state index contributed by atoms with van der Waals surface area (Å²) in [5.41, 5.74) is -0.292. The molecule has 0 atom stereocenters. The molecule has 1 aromatic rings. The van der Waals surface area contributed by atoms with Gasteiger partial charge in [0.05, 0.1) is 22.1 Å². The average Bonchev–Trinajstić information content (AvgIpc) is 2.84. The summed E-state index contributed by atoms with van der Waals surface area (Å²) < 4.78 is 5.01. The van der Waals surface area contributed by atoms with Gasteiger partial charge in [-0.25, -0.2) is 4.79 Å². The normalized spacial score (nSPS) is 14.3. The molecule has 8 heteroatoms. The van der Waals surface area contributed by atoms with Crippen LogP contribution in [0.1, 0.15) is 23.2 Å². The van der Waals surface area contributed by atoms with Gasteiger partial charge in [-0.2, -0.15) is 0 Å². The molecule has 1 amide bonds. The first-order chi connectivity index (χ1) is 9.99. The summed E-state index contributed by atoms with van der Waals surface area (Å²) in [5, 5.41) is 10.8. The molecule has 1 aromatic carbocycles. The molecule has 0 bridgehead atoms. The molecule has 1 aliphatic heterocycles. The SMILES string of the molecule is O=C(OCCN1CCCC1=O)c1cc([N+](=O)[O-])ccc1Cl. The maximum atomic E-state index is 11.9. The second-order valence-corrected chi connectivity index (χ2v) is 4.95. The van der Waals surface area contributed by atoms with Crippen molar-refractivity contribution in [2.45, 2.75) is 12.8 Å². The van der Waals surface area contributed by atoms with E-state index >= 15 is 0 Å². The number of carbonyl (C=O) groups is 2. The summed E-state index contributed by atoms with van der Waals surface area (Å²) in [6.45, 7) is 1.01. The van der Waals surface area contributed by atoms with Crippen molar-refractivity contribution >= 4 is 29.2 Å². The molecule has 112 valence electrons. The van der Waals surface area contributed by atoms with Crippen molar-refractivity contribution in [2.75, 3.05) is 19.7 Å². The molecule has 0 N–H and O–H groups in total. The Kier molecular flexibility index (Phi) is 4.74. The molecule has 21 heavy (non-hydrogen) atoms. The van der Waals surface area contributed by atoms with Crippen molar-refractivity contribution < 1.29 is 19.2 Å². The van der Waals surface area contributed by atoms with Crippen molar-refractivity contribution in [1.82, 2.24) is 4.90 Å². The van der Waals surface area contributed by atoms with Crippen LogP contribution in [0.4, 0.5) is 5.69 Å². The van der Waals surface area contributed by atoms with E-state index in [4.69, 9.17) is 16.3 Å². The number of non-ortho nitro benzene ring substituents is 1. The average molecular weight is 313 g/mol. The van der Waals surface area contributed by atoms with E-state index in [-0.39, 0.29) is 28.8 Å². The van der Waals surface area contributed by atoms with Gasteiger partial charge in [0.2, 0.25) is 5.91 Å². The van der Waals surface area contributed by atoms with Crippen LogP contribution in [-0.4, -0.2) is 41.4 Å². The number of esters is 1. The third-order valence-electron chi connectivity index (χ3n) is 3.15. The number of carbonyl (C=O) groups excluding carboxylic acids is 2. The summed E-state index contributed by atoms with van der Waals surface area (Å²) in [6, 6.07) is 3.56. The second-order valence-electron chi connectivity index (χ2n) is 4.54. The van der Waals surface area contributed by atoms with Gasteiger partial charge in [0.1, 0.15) is 6.61 Å². The minimum Gasteiger partial charge on any atom is -0.460 e. The minimum absolute atomic E-state index is 0.0313. The summed E-state index contributed by atoms with van der Waals surface area (Å²) in [7, 11) is 0. The number of benzene rings is 1. The molecular formula is C13H13ClN2O5. The fourth-order valence-corrected chi connectivity index (χ4v) is 2.24. The predicted molar refractivity (Wildman–Crippen MR) is 74.2 cm³/mol. The van der Waals surface area contributed by atoms with Crippen LogP contribution in [0.25, 0.3) is 0 Å². The lowest BCUT2D eigenvalue weighted by Gasteiger charge is -2.15. The quantitative estimate of drug-likeness (QED) is 0.471. The number of nitro groups is 1. The van der Waals surface area contributed by atoms with Gasteiger partial charge in [0.15, 0.2) is 0 Å². The van der Waals surface area contributed by atoms with Gasteiger partial charge < -0.3 is 9.64 Å². The zero-order valence-corrected chi connectivity index (χ0v) is 11.8. The lowest BCUT2D eigenvalue weighted by molar-refractivity contribution is -0.384. The van der Waals surface area contributed by atoms with Crippen LogP contribution in [-0.2, 0) is 9.53 Å². The third kappa shape index (κ3) is 3.69. The summed E-state index contributed by atoms with van der Waals surface area (Å²) in [4.78, 5) is 34.9. The number of nitrogens with zero attached hydrogens (tertiary/aromatic N) is 2. The Labute approximate surface area is 125 Å². The maximum absolute atomic E-state index is 11.9. The zero-order chi connectivity index (χ0) is 15.4. The Morgan fingerprint density at radius 2 is 2.24 bits per heavy atom. The third-order valence-corrected chi connectivity index (χ3v) is 3.48. The van der Waals surface area contributed by atoms with E-state index in [0.29, 0.717) is 19.5 Å². The van der Waals surface area contributed by atoms with E-state index in [2.05, 4.69) is 0 Å². The van der Waals surface area contributed by atoms with E-state index in [1.54, 1.807) is 4.90 Å². The van der Waals surface area contributed by atoms with Crippen LogP contribution in [0.5, 0.6) is 0 Å². The topological polar surface area (TPSA) is 89.8 Å². The maximum Gasteiger partial charge on any atom is 0.339 e. The molecule has 2 rings (SSSR count). The smallest absolute Gasteiger partial charge is 0.339 e. The molecular weight excluding hydrogens is 300 g/mol. The number of rotatable bonds is 5. The summed E-state index contributed by atoms with van der Waals surface area (Å²) in [5.74, 6) is -0.699. The molecule has 1 heterocycles. The second kappa shape index (κ2) is 6.53. The molecule has 0 aromatic heterocycles. The number of nitro benzene ring substituents is 1. The largest absolute Gasteiger partial charge is 0.460 e. The Morgan fingerprint density at radius 1 is 1.48 bits per heavy atom. The fraction of sp³-hybridized carbons (Fsp3) is 0.385. The van der Waals surface area contributed by atoms with E-state index in [0.717, 1.165) is 12.5 Å². The summed E-state index contributed by atoms with van der Waals surface area (Å²) >= 11 is 5.84. The molecule has 0 saturated carbocycles. The molecule has 1 saturated heterocycles. The Hall–Kier alpha value is -2.15. The van der Waals surface area contributed by atoms with Gasteiger partial charge in [-0.05, 0) is 12.5 Å². The van der Waals surface area contributed by atoms with Crippen LogP contribution in [0.15, 0.2) is 18.2 Å². The first kappa shape index (κ1) is 15.2. The monoisotopic (exact) mass is 312 g/mol. The predicted octanol–water partition coefficient (Wildman–Crippen LogP) is 2.03. The van der Waals surface area contributed by atoms with Crippen molar-refractivity contribution in [2.24, 2.45) is 0 Å². The lowest BCUT2D eigenvalue weighted by Crippen LogP contribution is -2.29. The van der Waals surface area contributed by atoms with Gasteiger partial charge in [0, 0.05) is 25.1 Å². The first-order valence-corrected chi connectivity index (χ1v) is 6.75. The van der Waals surface area contributed by atoms with Crippen LogP contribution in [0, 0.1) is 10.1 Å². The van der Waals surface area contributed by atoms with Crippen molar-refractivity contribution in [1.29, 1.82) is 0 Å². The molecule has 0 radical (unpaired) electrons. The van der Waals surface area contributed by atoms with Crippen molar-refractivity contribution in [3.63, 3.8) is 0 Å². The number of hydrogen-bond donors (Lipinski definition) is 0. The van der Waals surface area contributed by atoms with E-state index in [1.165, 1.54) is 12.1 Å². The van der Waals surface area contributed by atoms with Crippen LogP contribution in [0.2, 0.25) is 5.02 Å². The van der Waals surface area contributed by atoms with Gasteiger partial charge in [0.25, 0.3) is 5.69 Å². The fourth-order valence-electron chi connectivity index (χ4n) is 2.05. The van der Waals surface area contributed by atoms with Gasteiger partial charge in [-0.15, -0.1) is 0 Å².